The minimum absolute atomic E-state index is 0.0748. The number of unbranched alkanes of at least 4 members (excludes halogenated alkanes) is 36. The summed E-state index contributed by atoms with van der Waals surface area (Å²) in [6.07, 6.45) is 76.7. The van der Waals surface area contributed by atoms with E-state index in [0.717, 1.165) is 83.5 Å². The molecule has 72 heavy (non-hydrogen) atoms. The smallest absolute Gasteiger partial charge is 0.306 e. The highest BCUT2D eigenvalue weighted by Crippen LogP contribution is 2.16. The summed E-state index contributed by atoms with van der Waals surface area (Å²) in [7, 11) is 0. The summed E-state index contributed by atoms with van der Waals surface area (Å²) < 4.78 is 16.8. The summed E-state index contributed by atoms with van der Waals surface area (Å²) in [6, 6.07) is 0. The molecule has 418 valence electrons. The van der Waals surface area contributed by atoms with E-state index in [4.69, 9.17) is 14.2 Å². The van der Waals surface area contributed by atoms with Gasteiger partial charge in [0.05, 0.1) is 0 Å². The first-order valence-electron chi connectivity index (χ1n) is 31.3. The van der Waals surface area contributed by atoms with Crippen molar-refractivity contribution in [2.45, 2.75) is 329 Å². The van der Waals surface area contributed by atoms with Crippen molar-refractivity contribution < 1.29 is 28.6 Å². The van der Waals surface area contributed by atoms with Gasteiger partial charge in [0.2, 0.25) is 0 Å². The van der Waals surface area contributed by atoms with Gasteiger partial charge in [-0.25, -0.2) is 0 Å². The maximum Gasteiger partial charge on any atom is 0.306 e. The van der Waals surface area contributed by atoms with E-state index < -0.39 is 6.10 Å². The standard InChI is InChI=1S/C66H118O6/c1-4-7-10-13-16-19-21-23-25-27-28-29-30-31-32-33-34-35-36-37-38-40-41-43-45-47-50-53-56-59-65(68)71-62-63(61-70-64(67)58-55-52-49-18-15-12-9-6-3)72-66(69)60-57-54-51-48-46-44-42-39-26-24-22-20-17-14-11-8-5-2/h17,20-21,23-24,26-28,30-31,63H,4-16,18-19,22,25,29,32-62H2,1-3H3/b20-17-,23-21-,26-24-,28-27-,31-30-. The van der Waals surface area contributed by atoms with Gasteiger partial charge in [0.25, 0.3) is 0 Å². The summed E-state index contributed by atoms with van der Waals surface area (Å²) in [5.41, 5.74) is 0. The van der Waals surface area contributed by atoms with Gasteiger partial charge in [-0.1, -0.05) is 274 Å². The summed E-state index contributed by atoms with van der Waals surface area (Å²) >= 11 is 0. The second-order valence-electron chi connectivity index (χ2n) is 21.0. The number of esters is 3. The Kier molecular flexibility index (Phi) is 58.2. The minimum Gasteiger partial charge on any atom is -0.462 e. The minimum atomic E-state index is -0.775. The number of carbonyl (C=O) groups is 3. The summed E-state index contributed by atoms with van der Waals surface area (Å²) in [4.78, 5) is 38.1. The predicted molar refractivity (Wildman–Crippen MR) is 312 cm³/mol. The molecule has 6 heteroatoms. The van der Waals surface area contributed by atoms with Crippen LogP contribution >= 0.6 is 0 Å². The normalized spacial score (nSPS) is 12.4. The van der Waals surface area contributed by atoms with E-state index in [1.807, 2.05) is 0 Å². The Morgan fingerprint density at radius 3 is 0.806 bits per heavy atom. The van der Waals surface area contributed by atoms with Crippen LogP contribution in [-0.2, 0) is 28.6 Å². The molecule has 0 saturated carbocycles. The first-order chi connectivity index (χ1) is 35.5. The fourth-order valence-corrected chi connectivity index (χ4v) is 9.01. The number of hydrogen-bond donors (Lipinski definition) is 0. The third-order valence-electron chi connectivity index (χ3n) is 13.7. The highest BCUT2D eigenvalue weighted by molar-refractivity contribution is 5.71. The van der Waals surface area contributed by atoms with Crippen LogP contribution in [0, 0.1) is 0 Å². The first kappa shape index (κ1) is 69.1. The van der Waals surface area contributed by atoms with Crippen molar-refractivity contribution in [1.29, 1.82) is 0 Å². The maximum absolute atomic E-state index is 12.8. The van der Waals surface area contributed by atoms with Crippen molar-refractivity contribution in [3.8, 4) is 0 Å². The van der Waals surface area contributed by atoms with Crippen LogP contribution in [0.25, 0.3) is 0 Å². The molecule has 0 aromatic carbocycles. The van der Waals surface area contributed by atoms with Crippen molar-refractivity contribution in [3.63, 3.8) is 0 Å². The monoisotopic (exact) mass is 1010 g/mol. The Balaban J connectivity index is 4.12. The summed E-state index contributed by atoms with van der Waals surface area (Å²) in [6.45, 7) is 6.60. The van der Waals surface area contributed by atoms with E-state index in [1.54, 1.807) is 0 Å². The highest BCUT2D eigenvalue weighted by atomic mass is 16.6. The van der Waals surface area contributed by atoms with Crippen molar-refractivity contribution in [2.24, 2.45) is 0 Å². The maximum atomic E-state index is 12.8. The molecule has 6 nitrogen and oxygen atoms in total. The van der Waals surface area contributed by atoms with Gasteiger partial charge < -0.3 is 14.2 Å². The number of rotatable bonds is 57. The van der Waals surface area contributed by atoms with Crippen LogP contribution in [0.15, 0.2) is 60.8 Å². The van der Waals surface area contributed by atoms with E-state index in [0.29, 0.717) is 19.3 Å². The van der Waals surface area contributed by atoms with Crippen LogP contribution in [0.4, 0.5) is 0 Å². The number of allylic oxidation sites excluding steroid dienone is 10. The average molecular weight is 1010 g/mol. The number of carbonyl (C=O) groups excluding carboxylic acids is 3. The third-order valence-corrected chi connectivity index (χ3v) is 13.7. The Morgan fingerprint density at radius 1 is 0.278 bits per heavy atom. The molecular weight excluding hydrogens is 889 g/mol. The molecule has 0 heterocycles. The molecule has 0 spiro atoms. The second kappa shape index (κ2) is 60.7. The van der Waals surface area contributed by atoms with E-state index in [-0.39, 0.29) is 31.1 Å². The Morgan fingerprint density at radius 2 is 0.500 bits per heavy atom. The van der Waals surface area contributed by atoms with Crippen LogP contribution in [0.2, 0.25) is 0 Å². The topological polar surface area (TPSA) is 78.9 Å². The number of ether oxygens (including phenoxy) is 3. The number of hydrogen-bond acceptors (Lipinski definition) is 6. The van der Waals surface area contributed by atoms with Gasteiger partial charge >= 0.3 is 17.9 Å². The molecule has 0 saturated heterocycles. The van der Waals surface area contributed by atoms with Gasteiger partial charge in [-0.3, -0.25) is 14.4 Å². The molecule has 1 atom stereocenters. The molecule has 0 bridgehead atoms. The Hall–Kier alpha value is -2.89. The van der Waals surface area contributed by atoms with E-state index in [9.17, 15) is 14.4 Å². The van der Waals surface area contributed by atoms with E-state index >= 15 is 0 Å². The van der Waals surface area contributed by atoms with Crippen molar-refractivity contribution in [1.82, 2.24) is 0 Å². The molecule has 0 aliphatic rings. The molecule has 0 rings (SSSR count). The zero-order valence-corrected chi connectivity index (χ0v) is 47.9. The third kappa shape index (κ3) is 58.0. The van der Waals surface area contributed by atoms with Gasteiger partial charge in [-0.05, 0) is 89.9 Å². The molecule has 0 aromatic rings. The molecule has 0 amide bonds. The van der Waals surface area contributed by atoms with Gasteiger partial charge in [-0.2, -0.15) is 0 Å². The summed E-state index contributed by atoms with van der Waals surface area (Å²) in [5, 5.41) is 0. The lowest BCUT2D eigenvalue weighted by Gasteiger charge is -2.18. The molecule has 1 unspecified atom stereocenters. The molecule has 0 aromatic heterocycles. The SMILES string of the molecule is CCCCC/C=C\C/C=C\CCCCCCCCCC(=O)OC(COC(=O)CCCCCCCCCC)COC(=O)CCCCCCCCCCCCCCCC/C=C\C/C=C\C/C=C\CCCCCCC. The lowest BCUT2D eigenvalue weighted by molar-refractivity contribution is -0.167. The fourth-order valence-electron chi connectivity index (χ4n) is 9.01. The molecule has 0 aliphatic heterocycles. The summed E-state index contributed by atoms with van der Waals surface area (Å²) in [5.74, 6) is -0.874. The largest absolute Gasteiger partial charge is 0.462 e. The Bertz CT molecular complexity index is 1290. The zero-order chi connectivity index (χ0) is 52.2. The van der Waals surface area contributed by atoms with Crippen molar-refractivity contribution >= 4 is 17.9 Å². The lowest BCUT2D eigenvalue weighted by Crippen LogP contribution is -2.30. The molecule has 0 radical (unpaired) electrons. The van der Waals surface area contributed by atoms with Gasteiger partial charge in [0.15, 0.2) is 6.10 Å². The van der Waals surface area contributed by atoms with E-state index in [2.05, 4.69) is 81.5 Å². The Labute approximate surface area is 447 Å². The van der Waals surface area contributed by atoms with Gasteiger partial charge in [-0.15, -0.1) is 0 Å². The molecular formula is C66H118O6. The average Bonchev–Trinajstić information content (AvgIpc) is 3.38. The van der Waals surface area contributed by atoms with Crippen LogP contribution in [0.1, 0.15) is 323 Å². The van der Waals surface area contributed by atoms with Crippen LogP contribution in [0.3, 0.4) is 0 Å². The van der Waals surface area contributed by atoms with Crippen LogP contribution < -0.4 is 0 Å². The molecule has 0 fully saturated rings. The highest BCUT2D eigenvalue weighted by Gasteiger charge is 2.19. The van der Waals surface area contributed by atoms with Gasteiger partial charge in [0.1, 0.15) is 13.2 Å². The van der Waals surface area contributed by atoms with Crippen molar-refractivity contribution in [3.05, 3.63) is 60.8 Å². The van der Waals surface area contributed by atoms with Crippen LogP contribution in [0.5, 0.6) is 0 Å². The zero-order valence-electron chi connectivity index (χ0n) is 47.9. The second-order valence-corrected chi connectivity index (χ2v) is 21.0. The predicted octanol–water partition coefficient (Wildman–Crippen LogP) is 21.2. The van der Waals surface area contributed by atoms with Gasteiger partial charge in [0, 0.05) is 19.3 Å². The van der Waals surface area contributed by atoms with E-state index in [1.165, 1.54) is 199 Å². The first-order valence-corrected chi connectivity index (χ1v) is 31.3. The fraction of sp³-hybridized carbons (Fsp3) is 0.803. The lowest BCUT2D eigenvalue weighted by atomic mass is 10.0. The van der Waals surface area contributed by atoms with Crippen molar-refractivity contribution in [2.75, 3.05) is 13.2 Å². The molecule has 0 aliphatic carbocycles. The van der Waals surface area contributed by atoms with Crippen LogP contribution in [-0.4, -0.2) is 37.2 Å². The quantitative estimate of drug-likeness (QED) is 0.0261. The molecule has 0 N–H and O–H groups in total.